The van der Waals surface area contributed by atoms with E-state index in [1.807, 2.05) is 0 Å². The highest BCUT2D eigenvalue weighted by Crippen LogP contribution is 2.45. The first-order chi connectivity index (χ1) is 9.67. The van der Waals surface area contributed by atoms with E-state index in [2.05, 4.69) is 43.0 Å². The number of likely N-dealkylation sites (tertiary alicyclic amines) is 1. The van der Waals surface area contributed by atoms with E-state index in [9.17, 15) is 0 Å². The summed E-state index contributed by atoms with van der Waals surface area (Å²) in [4.78, 5) is 2.70. The number of fused-ring (bicyclic) bond motifs is 1. The molecule has 1 heterocycles. The zero-order valence-corrected chi connectivity index (χ0v) is 12.9. The van der Waals surface area contributed by atoms with E-state index in [-0.39, 0.29) is 5.54 Å². The Balaban J connectivity index is 2.02. The van der Waals surface area contributed by atoms with Gasteiger partial charge >= 0.3 is 0 Å². The summed E-state index contributed by atoms with van der Waals surface area (Å²) < 4.78 is 0. The Morgan fingerprint density at radius 2 is 2.05 bits per heavy atom. The molecule has 2 aliphatic rings. The lowest BCUT2D eigenvalue weighted by molar-refractivity contribution is 0.0330. The van der Waals surface area contributed by atoms with Crippen LogP contribution in [0.3, 0.4) is 0 Å². The van der Waals surface area contributed by atoms with Crippen LogP contribution in [0.5, 0.6) is 0 Å². The van der Waals surface area contributed by atoms with Crippen LogP contribution >= 0.6 is 0 Å². The minimum absolute atomic E-state index is 0.0950. The molecule has 3 rings (SSSR count). The van der Waals surface area contributed by atoms with Gasteiger partial charge in [0.15, 0.2) is 0 Å². The Bertz CT molecular complexity index is 470. The summed E-state index contributed by atoms with van der Waals surface area (Å²) in [5, 5.41) is 0. The first-order valence-corrected chi connectivity index (χ1v) is 8.22. The minimum Gasteiger partial charge on any atom is -0.328 e. The van der Waals surface area contributed by atoms with Crippen LogP contribution in [-0.4, -0.2) is 24.5 Å². The summed E-state index contributed by atoms with van der Waals surface area (Å²) in [5.41, 5.74) is 9.47. The average Bonchev–Trinajstić information content (AvgIpc) is 2.48. The predicted octanol–water partition coefficient (Wildman–Crippen LogP) is 3.47. The van der Waals surface area contributed by atoms with Gasteiger partial charge in [-0.1, -0.05) is 38.1 Å². The van der Waals surface area contributed by atoms with Crippen molar-refractivity contribution in [2.45, 2.75) is 51.0 Å². The molecule has 1 saturated heterocycles. The lowest BCUT2D eigenvalue weighted by Gasteiger charge is -2.51. The molecule has 3 unspecified atom stereocenters. The van der Waals surface area contributed by atoms with Gasteiger partial charge in [0.1, 0.15) is 0 Å². The third-order valence-corrected chi connectivity index (χ3v) is 5.58. The molecule has 2 nitrogen and oxygen atoms in total. The second-order valence-electron chi connectivity index (χ2n) is 6.96. The van der Waals surface area contributed by atoms with Gasteiger partial charge in [0.25, 0.3) is 0 Å². The van der Waals surface area contributed by atoms with Crippen molar-refractivity contribution in [2.24, 2.45) is 11.7 Å². The second-order valence-corrected chi connectivity index (χ2v) is 6.96. The highest BCUT2D eigenvalue weighted by molar-refractivity contribution is 5.39. The molecule has 0 aromatic heterocycles. The monoisotopic (exact) mass is 272 g/mol. The fraction of sp³-hybridized carbons (Fsp3) is 0.667. The lowest BCUT2D eigenvalue weighted by atomic mass is 9.70. The Morgan fingerprint density at radius 3 is 2.80 bits per heavy atom. The topological polar surface area (TPSA) is 29.3 Å². The molecule has 20 heavy (non-hydrogen) atoms. The normalized spacial score (nSPS) is 34.8. The van der Waals surface area contributed by atoms with Crippen molar-refractivity contribution in [1.29, 1.82) is 0 Å². The van der Waals surface area contributed by atoms with Crippen molar-refractivity contribution in [2.75, 3.05) is 19.6 Å². The number of nitrogens with zero attached hydrogens (tertiary/aromatic N) is 1. The smallest absolute Gasteiger partial charge is 0.0586 e. The molecular weight excluding hydrogens is 244 g/mol. The molecule has 1 fully saturated rings. The Kier molecular flexibility index (Phi) is 3.87. The van der Waals surface area contributed by atoms with E-state index in [0.717, 1.165) is 12.5 Å². The van der Waals surface area contributed by atoms with E-state index in [0.29, 0.717) is 5.92 Å². The molecule has 1 aromatic rings. The van der Waals surface area contributed by atoms with Gasteiger partial charge < -0.3 is 5.73 Å². The summed E-state index contributed by atoms with van der Waals surface area (Å²) in [7, 11) is 0. The quantitative estimate of drug-likeness (QED) is 0.893. The van der Waals surface area contributed by atoms with Crippen molar-refractivity contribution >= 4 is 0 Å². The van der Waals surface area contributed by atoms with Crippen LogP contribution in [0, 0.1) is 5.92 Å². The van der Waals surface area contributed by atoms with Crippen LogP contribution in [0.1, 0.15) is 56.6 Å². The molecule has 3 atom stereocenters. The maximum absolute atomic E-state index is 6.33. The van der Waals surface area contributed by atoms with Crippen molar-refractivity contribution < 1.29 is 0 Å². The van der Waals surface area contributed by atoms with Crippen molar-refractivity contribution in [3.63, 3.8) is 0 Å². The minimum atomic E-state index is 0.0950. The van der Waals surface area contributed by atoms with Crippen molar-refractivity contribution in [3.05, 3.63) is 35.4 Å². The van der Waals surface area contributed by atoms with Gasteiger partial charge in [-0.05, 0) is 55.2 Å². The molecule has 1 aliphatic carbocycles. The largest absolute Gasteiger partial charge is 0.328 e. The fourth-order valence-electron chi connectivity index (χ4n) is 4.34. The third-order valence-electron chi connectivity index (χ3n) is 5.58. The molecule has 0 amide bonds. The van der Waals surface area contributed by atoms with Gasteiger partial charge in [0.05, 0.1) is 5.54 Å². The summed E-state index contributed by atoms with van der Waals surface area (Å²) in [6, 6.07) is 9.02. The number of piperidine rings is 1. The van der Waals surface area contributed by atoms with Crippen LogP contribution in [0.4, 0.5) is 0 Å². The second kappa shape index (κ2) is 5.50. The highest BCUT2D eigenvalue weighted by Gasteiger charge is 2.43. The Morgan fingerprint density at radius 1 is 1.25 bits per heavy atom. The summed E-state index contributed by atoms with van der Waals surface area (Å²) in [5.74, 6) is 1.48. The number of nitrogens with two attached hydrogens (primary N) is 1. The molecule has 0 saturated carbocycles. The zero-order valence-electron chi connectivity index (χ0n) is 12.9. The average molecular weight is 272 g/mol. The fourth-order valence-corrected chi connectivity index (χ4v) is 4.34. The van der Waals surface area contributed by atoms with E-state index in [4.69, 9.17) is 5.73 Å². The van der Waals surface area contributed by atoms with Crippen molar-refractivity contribution in [1.82, 2.24) is 4.90 Å². The van der Waals surface area contributed by atoms with E-state index < -0.39 is 0 Å². The molecule has 0 bridgehead atoms. The van der Waals surface area contributed by atoms with E-state index in [1.54, 1.807) is 0 Å². The maximum Gasteiger partial charge on any atom is 0.0586 e. The SMILES string of the molecule is CC1CCCN(C2(CN)CCC(C)c3ccccc32)C1. The number of benzene rings is 1. The summed E-state index contributed by atoms with van der Waals surface area (Å²) in [6.45, 7) is 7.92. The van der Waals surface area contributed by atoms with Crippen molar-refractivity contribution in [3.8, 4) is 0 Å². The highest BCUT2D eigenvalue weighted by atomic mass is 15.2. The molecule has 0 spiro atoms. The summed E-state index contributed by atoms with van der Waals surface area (Å²) in [6.07, 6.45) is 5.17. The molecule has 2 heteroatoms. The van der Waals surface area contributed by atoms with Gasteiger partial charge in [0, 0.05) is 13.1 Å². The first kappa shape index (κ1) is 14.1. The van der Waals surface area contributed by atoms with Gasteiger partial charge in [-0.3, -0.25) is 4.90 Å². The zero-order chi connectivity index (χ0) is 14.2. The van der Waals surface area contributed by atoms with Crippen LogP contribution in [0.2, 0.25) is 0 Å². The Hall–Kier alpha value is -0.860. The number of hydrogen-bond acceptors (Lipinski definition) is 2. The van der Waals surface area contributed by atoms with Crippen LogP contribution < -0.4 is 5.73 Å². The molecule has 1 aliphatic heterocycles. The summed E-state index contributed by atoms with van der Waals surface area (Å²) >= 11 is 0. The molecule has 110 valence electrons. The number of hydrogen-bond donors (Lipinski definition) is 1. The van der Waals surface area contributed by atoms with Gasteiger partial charge in [-0.2, -0.15) is 0 Å². The van der Waals surface area contributed by atoms with E-state index in [1.165, 1.54) is 49.9 Å². The van der Waals surface area contributed by atoms with Crippen LogP contribution in [-0.2, 0) is 5.54 Å². The molecule has 1 aromatic carbocycles. The Labute approximate surface area is 123 Å². The standard InChI is InChI=1S/C18H28N2/c1-14-6-5-11-20(12-14)18(13-19)10-9-15(2)16-7-3-4-8-17(16)18/h3-4,7-8,14-15H,5-6,9-13,19H2,1-2H3. The van der Waals surface area contributed by atoms with Gasteiger partial charge in [-0.25, -0.2) is 0 Å². The van der Waals surface area contributed by atoms with E-state index >= 15 is 0 Å². The third kappa shape index (κ3) is 2.19. The van der Waals surface area contributed by atoms with Gasteiger partial charge in [-0.15, -0.1) is 0 Å². The maximum atomic E-state index is 6.33. The lowest BCUT2D eigenvalue weighted by Crippen LogP contribution is -2.56. The van der Waals surface area contributed by atoms with Gasteiger partial charge in [0.2, 0.25) is 0 Å². The molecule has 2 N–H and O–H groups in total. The van der Waals surface area contributed by atoms with Crippen LogP contribution in [0.25, 0.3) is 0 Å². The van der Waals surface area contributed by atoms with Crippen LogP contribution in [0.15, 0.2) is 24.3 Å². The predicted molar refractivity (Wildman–Crippen MR) is 84.8 cm³/mol. The first-order valence-electron chi connectivity index (χ1n) is 8.22. The molecule has 0 radical (unpaired) electrons. The molecular formula is C18H28N2. The number of rotatable bonds is 2.